The van der Waals surface area contributed by atoms with Gasteiger partial charge >= 0.3 is 0 Å². The molecule has 0 amide bonds. The van der Waals surface area contributed by atoms with Crippen molar-refractivity contribution in [3.63, 3.8) is 0 Å². The summed E-state index contributed by atoms with van der Waals surface area (Å²) in [5, 5.41) is 0.470. The highest BCUT2D eigenvalue weighted by molar-refractivity contribution is 7.71. The average molecular weight is 234 g/mol. The number of aromatic nitrogens is 2. The molecule has 0 aliphatic heterocycles. The van der Waals surface area contributed by atoms with Crippen LogP contribution >= 0.6 is 12.2 Å². The normalized spacial score (nSPS) is 10.6. The molecule has 1 N–H and O–H groups in total. The van der Waals surface area contributed by atoms with Crippen molar-refractivity contribution in [3.05, 3.63) is 39.4 Å². The summed E-state index contributed by atoms with van der Waals surface area (Å²) in [6.45, 7) is 1.69. The molecule has 0 saturated heterocycles. The summed E-state index contributed by atoms with van der Waals surface area (Å²) >= 11 is 5.00. The molecule has 1 heterocycles. The lowest BCUT2D eigenvalue weighted by atomic mass is 10.2. The summed E-state index contributed by atoms with van der Waals surface area (Å²) in [4.78, 5) is 26.5. The number of benzene rings is 1. The Labute approximate surface area is 96.5 Å². The molecule has 2 aromatic rings. The molecule has 0 radical (unpaired) electrons. The highest BCUT2D eigenvalue weighted by Gasteiger charge is 2.09. The summed E-state index contributed by atoms with van der Waals surface area (Å²) in [5.41, 5.74) is 0.295. The zero-order valence-corrected chi connectivity index (χ0v) is 9.50. The minimum atomic E-state index is -0.355. The van der Waals surface area contributed by atoms with Crippen LogP contribution in [0.1, 0.15) is 18.1 Å². The number of para-hydroxylation sites is 1. The summed E-state index contributed by atoms with van der Waals surface area (Å²) in [6.07, 6.45) is 0.246. The van der Waals surface area contributed by atoms with Gasteiger partial charge in [-0.15, -0.1) is 0 Å². The molecule has 4 nitrogen and oxygen atoms in total. The van der Waals surface area contributed by atoms with E-state index in [2.05, 4.69) is 4.98 Å². The smallest absolute Gasteiger partial charge is 0.268 e. The lowest BCUT2D eigenvalue weighted by Crippen LogP contribution is -2.27. The number of rotatable bonds is 1. The van der Waals surface area contributed by atoms with Gasteiger partial charge < -0.3 is 4.98 Å². The zero-order valence-electron chi connectivity index (χ0n) is 8.69. The maximum Gasteiger partial charge on any atom is 0.268 e. The van der Waals surface area contributed by atoms with E-state index in [4.69, 9.17) is 12.2 Å². The second-order valence-electron chi connectivity index (χ2n) is 3.36. The lowest BCUT2D eigenvalue weighted by molar-refractivity contribution is 0.0902. The van der Waals surface area contributed by atoms with Gasteiger partial charge in [-0.2, -0.15) is 0 Å². The molecule has 0 saturated carbocycles. The number of hydrogen-bond acceptors (Lipinski definition) is 3. The third kappa shape index (κ3) is 1.59. The first kappa shape index (κ1) is 10.8. The van der Waals surface area contributed by atoms with Gasteiger partial charge in [0, 0.05) is 6.42 Å². The zero-order chi connectivity index (χ0) is 11.7. The van der Waals surface area contributed by atoms with E-state index in [-0.39, 0.29) is 22.7 Å². The van der Waals surface area contributed by atoms with E-state index in [9.17, 15) is 9.59 Å². The predicted molar refractivity (Wildman–Crippen MR) is 64.3 cm³/mol. The molecule has 0 fully saturated rings. The topological polar surface area (TPSA) is 54.9 Å². The minimum absolute atomic E-state index is 0.149. The highest BCUT2D eigenvalue weighted by atomic mass is 32.1. The fourth-order valence-electron chi connectivity index (χ4n) is 1.55. The molecular formula is C11H10N2O2S. The predicted octanol–water partition coefficient (Wildman–Crippen LogP) is 2.11. The van der Waals surface area contributed by atoms with Crippen molar-refractivity contribution in [2.24, 2.45) is 0 Å². The van der Waals surface area contributed by atoms with Crippen molar-refractivity contribution in [2.45, 2.75) is 13.3 Å². The Bertz CT molecular complexity index is 669. The number of nitrogens with zero attached hydrogens (tertiary/aromatic N) is 1. The molecular weight excluding hydrogens is 224 g/mol. The third-order valence-electron chi connectivity index (χ3n) is 2.36. The molecule has 0 bridgehead atoms. The van der Waals surface area contributed by atoms with Crippen LogP contribution in [0, 0.1) is 4.77 Å². The van der Waals surface area contributed by atoms with E-state index >= 15 is 0 Å². The van der Waals surface area contributed by atoms with Crippen molar-refractivity contribution >= 4 is 29.0 Å². The second kappa shape index (κ2) is 4.02. The molecule has 2 rings (SSSR count). The van der Waals surface area contributed by atoms with E-state index in [0.717, 1.165) is 4.57 Å². The first-order chi connectivity index (χ1) is 7.65. The summed E-state index contributed by atoms with van der Waals surface area (Å²) < 4.78 is 1.16. The maximum absolute atomic E-state index is 12.0. The van der Waals surface area contributed by atoms with Crippen LogP contribution < -0.4 is 5.56 Å². The van der Waals surface area contributed by atoms with Crippen LogP contribution in [-0.2, 0) is 0 Å². The number of hydrogen-bond donors (Lipinski definition) is 1. The summed E-state index contributed by atoms with van der Waals surface area (Å²) in [7, 11) is 0. The van der Waals surface area contributed by atoms with Gasteiger partial charge in [0.05, 0.1) is 10.9 Å². The van der Waals surface area contributed by atoms with Crippen LogP contribution in [0.25, 0.3) is 10.9 Å². The summed E-state index contributed by atoms with van der Waals surface area (Å²) in [6, 6.07) is 6.98. The number of aromatic amines is 1. The standard InChI is InChI=1S/C11H10N2O2S/c1-2-9(14)13-10(15)7-5-3-4-6-8(7)12-11(13)16/h3-6H,2H2,1H3,(H,12,16). The Kier molecular flexibility index (Phi) is 2.70. The Morgan fingerprint density at radius 1 is 1.44 bits per heavy atom. The first-order valence-electron chi connectivity index (χ1n) is 4.92. The Morgan fingerprint density at radius 2 is 2.12 bits per heavy atom. The van der Waals surface area contributed by atoms with Crippen molar-refractivity contribution in [3.8, 4) is 0 Å². The maximum atomic E-state index is 12.0. The number of carbonyl (C=O) groups is 1. The molecule has 0 aliphatic rings. The molecule has 0 aliphatic carbocycles. The van der Waals surface area contributed by atoms with Crippen molar-refractivity contribution < 1.29 is 4.79 Å². The Morgan fingerprint density at radius 3 is 2.81 bits per heavy atom. The van der Waals surface area contributed by atoms with Crippen LogP contribution in [0.5, 0.6) is 0 Å². The molecule has 0 atom stereocenters. The van der Waals surface area contributed by atoms with Gasteiger partial charge in [0.25, 0.3) is 5.56 Å². The fourth-order valence-corrected chi connectivity index (χ4v) is 1.84. The number of fused-ring (bicyclic) bond motifs is 1. The number of nitrogens with one attached hydrogen (secondary N) is 1. The largest absolute Gasteiger partial charge is 0.331 e. The van der Waals surface area contributed by atoms with Gasteiger partial charge in [-0.05, 0) is 24.4 Å². The summed E-state index contributed by atoms with van der Waals surface area (Å²) in [5.74, 6) is -0.294. The van der Waals surface area contributed by atoms with Gasteiger partial charge in [-0.25, -0.2) is 4.57 Å². The van der Waals surface area contributed by atoms with E-state index in [1.165, 1.54) is 0 Å². The SMILES string of the molecule is CCC(=O)n1c(=S)[nH]c2ccccc2c1=O. The average Bonchev–Trinajstić information content (AvgIpc) is 2.28. The van der Waals surface area contributed by atoms with E-state index in [1.807, 2.05) is 0 Å². The van der Waals surface area contributed by atoms with Crippen molar-refractivity contribution in [2.75, 3.05) is 0 Å². The molecule has 16 heavy (non-hydrogen) atoms. The van der Waals surface area contributed by atoms with Gasteiger partial charge in [0.1, 0.15) is 0 Å². The Balaban J connectivity index is 2.92. The van der Waals surface area contributed by atoms with Gasteiger partial charge in [0.15, 0.2) is 4.77 Å². The molecule has 1 aromatic heterocycles. The van der Waals surface area contributed by atoms with Crippen molar-refractivity contribution in [1.29, 1.82) is 0 Å². The Hall–Kier alpha value is -1.75. The van der Waals surface area contributed by atoms with E-state index in [0.29, 0.717) is 10.9 Å². The minimum Gasteiger partial charge on any atom is -0.331 e. The van der Waals surface area contributed by atoms with E-state index < -0.39 is 0 Å². The number of H-pyrrole nitrogens is 1. The van der Waals surface area contributed by atoms with Crippen molar-refractivity contribution in [1.82, 2.24) is 9.55 Å². The van der Waals surface area contributed by atoms with E-state index in [1.54, 1.807) is 31.2 Å². The monoisotopic (exact) mass is 234 g/mol. The quantitative estimate of drug-likeness (QED) is 0.769. The third-order valence-corrected chi connectivity index (χ3v) is 2.64. The van der Waals surface area contributed by atoms with Crippen LogP contribution in [0.15, 0.2) is 29.1 Å². The number of carbonyl (C=O) groups excluding carboxylic acids is 1. The highest BCUT2D eigenvalue weighted by Crippen LogP contribution is 2.05. The molecule has 82 valence electrons. The van der Waals surface area contributed by atoms with Gasteiger partial charge in [-0.1, -0.05) is 19.1 Å². The van der Waals surface area contributed by atoms with Crippen LogP contribution in [0.2, 0.25) is 0 Å². The molecule has 0 unspecified atom stereocenters. The lowest BCUT2D eigenvalue weighted by Gasteiger charge is -2.04. The van der Waals surface area contributed by atoms with Gasteiger partial charge in [-0.3, -0.25) is 9.59 Å². The van der Waals surface area contributed by atoms with Crippen LogP contribution in [-0.4, -0.2) is 15.5 Å². The molecule has 1 aromatic carbocycles. The van der Waals surface area contributed by atoms with Gasteiger partial charge in [0.2, 0.25) is 5.91 Å². The fraction of sp³-hybridized carbons (Fsp3) is 0.182. The second-order valence-corrected chi connectivity index (χ2v) is 3.75. The molecule has 5 heteroatoms. The van der Waals surface area contributed by atoms with Crippen LogP contribution in [0.3, 0.4) is 0 Å². The molecule has 0 spiro atoms. The first-order valence-corrected chi connectivity index (χ1v) is 5.33. The van der Waals surface area contributed by atoms with Crippen LogP contribution in [0.4, 0.5) is 0 Å².